The summed E-state index contributed by atoms with van der Waals surface area (Å²) in [5, 5.41) is 11.0. The van der Waals surface area contributed by atoms with E-state index in [4.69, 9.17) is 9.47 Å². The zero-order valence-corrected chi connectivity index (χ0v) is 21.5. The molecule has 0 bridgehead atoms. The highest BCUT2D eigenvalue weighted by molar-refractivity contribution is 7.92. The number of aliphatic hydroxyl groups is 1. The third-order valence-corrected chi connectivity index (χ3v) is 8.12. The molecule has 0 radical (unpaired) electrons. The number of piperazine rings is 1. The molecule has 3 aromatic rings. The van der Waals surface area contributed by atoms with Gasteiger partial charge >= 0.3 is 0 Å². The third kappa shape index (κ3) is 5.75. The molecule has 1 N–H and O–H groups in total. The molecular formula is C27H33N3O5S. The van der Waals surface area contributed by atoms with E-state index in [2.05, 4.69) is 9.80 Å². The lowest BCUT2D eigenvalue weighted by Crippen LogP contribution is -2.50. The number of para-hydroxylation sites is 4. The second-order valence-electron chi connectivity index (χ2n) is 8.63. The van der Waals surface area contributed by atoms with Gasteiger partial charge < -0.3 is 19.5 Å². The van der Waals surface area contributed by atoms with Crippen LogP contribution in [0.1, 0.15) is 0 Å². The van der Waals surface area contributed by atoms with Crippen LogP contribution in [0.25, 0.3) is 0 Å². The van der Waals surface area contributed by atoms with Crippen molar-refractivity contribution in [3.63, 3.8) is 0 Å². The van der Waals surface area contributed by atoms with Gasteiger partial charge in [0.05, 0.1) is 43.1 Å². The van der Waals surface area contributed by atoms with E-state index in [1.807, 2.05) is 24.3 Å². The highest BCUT2D eigenvalue weighted by Gasteiger charge is 2.30. The summed E-state index contributed by atoms with van der Waals surface area (Å²) in [5.74, 6) is 1.26. The predicted octanol–water partition coefficient (Wildman–Crippen LogP) is 3.08. The van der Waals surface area contributed by atoms with Crippen LogP contribution in [0.4, 0.5) is 11.4 Å². The summed E-state index contributed by atoms with van der Waals surface area (Å²) in [6.45, 7) is 3.32. The highest BCUT2D eigenvalue weighted by atomic mass is 32.2. The van der Waals surface area contributed by atoms with Crippen LogP contribution in [-0.2, 0) is 10.0 Å². The number of sulfonamides is 1. The van der Waals surface area contributed by atoms with Gasteiger partial charge in [0.2, 0.25) is 0 Å². The van der Waals surface area contributed by atoms with Gasteiger partial charge in [0.15, 0.2) is 0 Å². The van der Waals surface area contributed by atoms with E-state index in [0.29, 0.717) is 18.0 Å². The summed E-state index contributed by atoms with van der Waals surface area (Å²) < 4.78 is 39.4. The first-order valence-corrected chi connectivity index (χ1v) is 13.4. The van der Waals surface area contributed by atoms with Gasteiger partial charge in [-0.3, -0.25) is 9.21 Å². The minimum absolute atomic E-state index is 0.0929. The summed E-state index contributed by atoms with van der Waals surface area (Å²) in [4.78, 5) is 4.59. The fourth-order valence-corrected chi connectivity index (χ4v) is 6.02. The van der Waals surface area contributed by atoms with Gasteiger partial charge in [-0.1, -0.05) is 42.5 Å². The van der Waals surface area contributed by atoms with Gasteiger partial charge in [-0.2, -0.15) is 0 Å². The average molecular weight is 512 g/mol. The van der Waals surface area contributed by atoms with Crippen LogP contribution >= 0.6 is 0 Å². The molecule has 1 heterocycles. The Morgan fingerprint density at radius 2 is 1.42 bits per heavy atom. The molecule has 0 unspecified atom stereocenters. The van der Waals surface area contributed by atoms with Crippen molar-refractivity contribution in [2.24, 2.45) is 0 Å². The monoisotopic (exact) mass is 511 g/mol. The number of methoxy groups -OCH3 is 2. The lowest BCUT2D eigenvalue weighted by molar-refractivity contribution is 0.115. The molecule has 1 fully saturated rings. The van der Waals surface area contributed by atoms with E-state index >= 15 is 0 Å². The molecule has 0 aromatic heterocycles. The molecule has 1 atom stereocenters. The Kier molecular flexibility index (Phi) is 8.35. The van der Waals surface area contributed by atoms with Crippen molar-refractivity contribution in [2.75, 3.05) is 62.7 Å². The molecule has 1 aliphatic heterocycles. The normalized spacial score (nSPS) is 15.4. The number of anilines is 2. The maximum Gasteiger partial charge on any atom is 0.264 e. The van der Waals surface area contributed by atoms with Crippen molar-refractivity contribution in [3.8, 4) is 11.5 Å². The van der Waals surface area contributed by atoms with E-state index in [9.17, 15) is 13.5 Å². The van der Waals surface area contributed by atoms with Crippen molar-refractivity contribution < 1.29 is 23.0 Å². The zero-order chi connectivity index (χ0) is 25.5. The third-order valence-electron chi connectivity index (χ3n) is 6.33. The molecular weight excluding hydrogens is 478 g/mol. The van der Waals surface area contributed by atoms with Crippen molar-refractivity contribution in [1.82, 2.24) is 4.90 Å². The molecule has 1 saturated heterocycles. The molecule has 0 amide bonds. The van der Waals surface area contributed by atoms with Gasteiger partial charge in [0.25, 0.3) is 10.0 Å². The predicted molar refractivity (Wildman–Crippen MR) is 142 cm³/mol. The molecule has 0 saturated carbocycles. The second-order valence-corrected chi connectivity index (χ2v) is 10.5. The van der Waals surface area contributed by atoms with Crippen molar-refractivity contribution in [2.45, 2.75) is 11.0 Å². The van der Waals surface area contributed by atoms with Crippen LogP contribution in [0.3, 0.4) is 0 Å². The maximum atomic E-state index is 13.6. The first-order valence-electron chi connectivity index (χ1n) is 11.9. The number of hydrogen-bond donors (Lipinski definition) is 1. The van der Waals surface area contributed by atoms with Gasteiger partial charge in [0.1, 0.15) is 11.5 Å². The summed E-state index contributed by atoms with van der Waals surface area (Å²) >= 11 is 0. The topological polar surface area (TPSA) is 82.5 Å². The van der Waals surface area contributed by atoms with Gasteiger partial charge in [-0.25, -0.2) is 8.42 Å². The number of benzene rings is 3. The van der Waals surface area contributed by atoms with Crippen LogP contribution in [0, 0.1) is 0 Å². The first-order chi connectivity index (χ1) is 17.4. The van der Waals surface area contributed by atoms with Crippen molar-refractivity contribution in [3.05, 3.63) is 78.9 Å². The fourth-order valence-electron chi connectivity index (χ4n) is 4.49. The van der Waals surface area contributed by atoms with Crippen molar-refractivity contribution >= 4 is 21.4 Å². The minimum atomic E-state index is -3.92. The number of rotatable bonds is 10. The minimum Gasteiger partial charge on any atom is -0.495 e. The highest BCUT2D eigenvalue weighted by Crippen LogP contribution is 2.33. The summed E-state index contributed by atoms with van der Waals surface area (Å²) in [5.41, 5.74) is 1.44. The number of β-amino-alcohol motifs (C(OH)–C–C–N with tert-alkyl or cyclic N) is 1. The van der Waals surface area contributed by atoms with Crippen LogP contribution in [0.5, 0.6) is 11.5 Å². The van der Waals surface area contributed by atoms with Gasteiger partial charge in [0, 0.05) is 32.7 Å². The lowest BCUT2D eigenvalue weighted by atomic mass is 10.2. The van der Waals surface area contributed by atoms with E-state index in [1.165, 1.54) is 11.4 Å². The zero-order valence-electron chi connectivity index (χ0n) is 20.7. The molecule has 36 heavy (non-hydrogen) atoms. The van der Waals surface area contributed by atoms with Crippen LogP contribution in [-0.4, -0.2) is 78.0 Å². The molecule has 0 aliphatic carbocycles. The molecule has 8 nitrogen and oxygen atoms in total. The van der Waals surface area contributed by atoms with E-state index < -0.39 is 16.1 Å². The number of hydrogen-bond acceptors (Lipinski definition) is 7. The number of aliphatic hydroxyl groups excluding tert-OH is 1. The van der Waals surface area contributed by atoms with Gasteiger partial charge in [-0.15, -0.1) is 0 Å². The first kappa shape index (κ1) is 25.8. The Bertz CT molecular complexity index is 1230. The van der Waals surface area contributed by atoms with Crippen LogP contribution in [0.15, 0.2) is 83.8 Å². The molecule has 3 aromatic carbocycles. The summed E-state index contributed by atoms with van der Waals surface area (Å²) in [7, 11) is -0.750. The number of nitrogens with zero attached hydrogens (tertiary/aromatic N) is 3. The molecule has 1 aliphatic rings. The molecule has 0 spiro atoms. The smallest absolute Gasteiger partial charge is 0.264 e. The standard InChI is InChI=1S/C27H33N3O5S/c1-34-26-14-8-6-12-24(26)29-18-16-28(17-19-29)20-22(31)21-30(25-13-7-9-15-27(25)35-2)36(32,33)23-10-4-3-5-11-23/h3-15,22,31H,16-21H2,1-2H3/t22-/m1/s1. The Labute approximate surface area is 213 Å². The van der Waals surface area contributed by atoms with E-state index in [1.54, 1.807) is 61.7 Å². The Morgan fingerprint density at radius 3 is 2.08 bits per heavy atom. The number of ether oxygens (including phenoxy) is 2. The molecule has 9 heteroatoms. The van der Waals surface area contributed by atoms with Crippen LogP contribution in [0.2, 0.25) is 0 Å². The molecule has 4 rings (SSSR count). The van der Waals surface area contributed by atoms with E-state index in [-0.39, 0.29) is 11.4 Å². The van der Waals surface area contributed by atoms with Gasteiger partial charge in [-0.05, 0) is 36.4 Å². The second kappa shape index (κ2) is 11.6. The largest absolute Gasteiger partial charge is 0.495 e. The van der Waals surface area contributed by atoms with Crippen LogP contribution < -0.4 is 18.7 Å². The Balaban J connectivity index is 1.48. The maximum absolute atomic E-state index is 13.6. The SMILES string of the molecule is COc1ccccc1N1CCN(C[C@@H](O)CN(c2ccccc2OC)S(=O)(=O)c2ccccc2)CC1. The summed E-state index contributed by atoms with van der Waals surface area (Å²) in [6.07, 6.45) is -0.897. The Hall–Kier alpha value is -3.27. The van der Waals surface area contributed by atoms with E-state index in [0.717, 1.165) is 37.6 Å². The lowest BCUT2D eigenvalue weighted by Gasteiger charge is -2.38. The Morgan fingerprint density at radius 1 is 0.833 bits per heavy atom. The quantitative estimate of drug-likeness (QED) is 0.448. The fraction of sp³-hybridized carbons (Fsp3) is 0.333. The molecule has 192 valence electrons. The average Bonchev–Trinajstić information content (AvgIpc) is 2.92. The summed E-state index contributed by atoms with van der Waals surface area (Å²) in [6, 6.07) is 23.1. The van der Waals surface area contributed by atoms with Crippen molar-refractivity contribution in [1.29, 1.82) is 0 Å².